The first-order valence-electron chi connectivity index (χ1n) is 5.18. The first kappa shape index (κ1) is 9.37. The number of Topliss-reactive ketones (excluding diaryl/α,β-unsaturated/α-hetero) is 1. The van der Waals surface area contributed by atoms with Crippen LogP contribution in [0.5, 0.6) is 0 Å². The molecule has 0 saturated heterocycles. The quantitative estimate of drug-likeness (QED) is 0.707. The fourth-order valence-electron chi connectivity index (χ4n) is 1.90. The van der Waals surface area contributed by atoms with Crippen molar-refractivity contribution in [2.75, 3.05) is 0 Å². The summed E-state index contributed by atoms with van der Waals surface area (Å²) in [6.07, 6.45) is 5.05. The van der Waals surface area contributed by atoms with Crippen molar-refractivity contribution in [1.29, 1.82) is 0 Å². The lowest BCUT2D eigenvalue weighted by Crippen LogP contribution is -2.09. The summed E-state index contributed by atoms with van der Waals surface area (Å²) in [6.45, 7) is 2.57. The summed E-state index contributed by atoms with van der Waals surface area (Å²) in [7, 11) is 0. The average Bonchev–Trinajstić information content (AvgIpc) is 2.37. The normalized spacial score (nSPS) is 16.1. The maximum atomic E-state index is 11.0. The van der Waals surface area contributed by atoms with Crippen LogP contribution >= 0.6 is 0 Å². The van der Waals surface area contributed by atoms with Gasteiger partial charge in [-0.1, -0.05) is 6.42 Å². The lowest BCUT2D eigenvalue weighted by Gasteiger charge is -2.04. The van der Waals surface area contributed by atoms with Gasteiger partial charge in [0.15, 0.2) is 0 Å². The molecule has 0 N–H and O–H groups in total. The summed E-state index contributed by atoms with van der Waals surface area (Å²) >= 11 is 0. The van der Waals surface area contributed by atoms with Gasteiger partial charge in [-0.25, -0.2) is 0 Å². The Labute approximate surface area is 83.3 Å². The SMILES string of the molecule is CC(=O)Cc1nnc2n1CCCCC2. The summed E-state index contributed by atoms with van der Waals surface area (Å²) in [5.41, 5.74) is 0. The molecule has 0 amide bonds. The molecule has 0 radical (unpaired) electrons. The van der Waals surface area contributed by atoms with Crippen LogP contribution in [-0.2, 0) is 24.2 Å². The molecule has 1 aliphatic heterocycles. The molecule has 1 aromatic heterocycles. The Balaban J connectivity index is 2.24. The number of nitrogens with zero attached hydrogens (tertiary/aromatic N) is 3. The highest BCUT2D eigenvalue weighted by atomic mass is 16.1. The topological polar surface area (TPSA) is 47.8 Å². The molecule has 1 aliphatic rings. The second kappa shape index (κ2) is 3.90. The van der Waals surface area contributed by atoms with Crippen LogP contribution in [0.25, 0.3) is 0 Å². The average molecular weight is 193 g/mol. The molecule has 76 valence electrons. The molecule has 2 heterocycles. The fourth-order valence-corrected chi connectivity index (χ4v) is 1.90. The van der Waals surface area contributed by atoms with Crippen LogP contribution < -0.4 is 0 Å². The molecule has 0 atom stereocenters. The maximum Gasteiger partial charge on any atom is 0.140 e. The molecule has 0 saturated carbocycles. The van der Waals surface area contributed by atoms with Crippen molar-refractivity contribution in [2.24, 2.45) is 0 Å². The molecule has 14 heavy (non-hydrogen) atoms. The molecule has 0 unspecified atom stereocenters. The van der Waals surface area contributed by atoms with Crippen LogP contribution in [0, 0.1) is 0 Å². The minimum atomic E-state index is 0.157. The molecule has 0 spiro atoms. The third-order valence-corrected chi connectivity index (χ3v) is 2.59. The number of rotatable bonds is 2. The fraction of sp³-hybridized carbons (Fsp3) is 0.700. The molecule has 2 rings (SSSR count). The van der Waals surface area contributed by atoms with Gasteiger partial charge in [0.25, 0.3) is 0 Å². The number of ketones is 1. The van der Waals surface area contributed by atoms with Crippen molar-refractivity contribution in [1.82, 2.24) is 14.8 Å². The van der Waals surface area contributed by atoms with Crippen molar-refractivity contribution < 1.29 is 4.79 Å². The van der Waals surface area contributed by atoms with E-state index in [0.29, 0.717) is 6.42 Å². The largest absolute Gasteiger partial charge is 0.315 e. The Kier molecular flexibility index (Phi) is 2.61. The van der Waals surface area contributed by atoms with Gasteiger partial charge in [0, 0.05) is 13.0 Å². The van der Waals surface area contributed by atoms with E-state index in [1.807, 2.05) is 0 Å². The Bertz CT molecular complexity index is 343. The van der Waals surface area contributed by atoms with Crippen molar-refractivity contribution in [2.45, 2.75) is 45.6 Å². The summed E-state index contributed by atoms with van der Waals surface area (Å²) in [5, 5.41) is 8.20. The number of aromatic nitrogens is 3. The van der Waals surface area contributed by atoms with Crippen molar-refractivity contribution in [3.05, 3.63) is 11.6 Å². The standard InChI is InChI=1S/C10H15N3O/c1-8(14)7-10-12-11-9-5-3-2-4-6-13(9)10/h2-7H2,1H3. The third-order valence-electron chi connectivity index (χ3n) is 2.59. The summed E-state index contributed by atoms with van der Waals surface area (Å²) in [6, 6.07) is 0. The lowest BCUT2D eigenvalue weighted by atomic mass is 10.2. The van der Waals surface area contributed by atoms with Gasteiger partial charge in [-0.15, -0.1) is 10.2 Å². The number of carbonyl (C=O) groups is 1. The van der Waals surface area contributed by atoms with Gasteiger partial charge in [0.05, 0.1) is 6.42 Å². The van der Waals surface area contributed by atoms with Crippen molar-refractivity contribution in [3.8, 4) is 0 Å². The number of hydrogen-bond acceptors (Lipinski definition) is 3. The zero-order valence-corrected chi connectivity index (χ0v) is 8.49. The molecule has 4 nitrogen and oxygen atoms in total. The Morgan fingerprint density at radius 2 is 2.21 bits per heavy atom. The predicted molar refractivity (Wildman–Crippen MR) is 52.0 cm³/mol. The van der Waals surface area contributed by atoms with Gasteiger partial charge in [0.2, 0.25) is 0 Å². The molecular formula is C10H15N3O. The highest BCUT2D eigenvalue weighted by Gasteiger charge is 2.15. The molecule has 4 heteroatoms. The highest BCUT2D eigenvalue weighted by molar-refractivity contribution is 5.77. The second-order valence-electron chi connectivity index (χ2n) is 3.87. The summed E-state index contributed by atoms with van der Waals surface area (Å²) in [5.74, 6) is 2.05. The molecule has 0 aromatic carbocycles. The van der Waals surface area contributed by atoms with Gasteiger partial charge >= 0.3 is 0 Å². The Hall–Kier alpha value is -1.19. The molecule has 0 fully saturated rings. The van der Waals surface area contributed by atoms with E-state index in [9.17, 15) is 4.79 Å². The van der Waals surface area contributed by atoms with Crippen LogP contribution in [0.1, 0.15) is 37.8 Å². The van der Waals surface area contributed by atoms with E-state index in [1.165, 1.54) is 19.3 Å². The minimum Gasteiger partial charge on any atom is -0.315 e. The van der Waals surface area contributed by atoms with E-state index in [1.54, 1.807) is 6.92 Å². The smallest absolute Gasteiger partial charge is 0.140 e. The summed E-state index contributed by atoms with van der Waals surface area (Å²) < 4.78 is 2.12. The first-order valence-corrected chi connectivity index (χ1v) is 5.18. The highest BCUT2D eigenvalue weighted by Crippen LogP contribution is 2.14. The van der Waals surface area contributed by atoms with Crippen LogP contribution in [0.4, 0.5) is 0 Å². The molecule has 0 bridgehead atoms. The van der Waals surface area contributed by atoms with Crippen LogP contribution in [-0.4, -0.2) is 20.5 Å². The Morgan fingerprint density at radius 3 is 3.00 bits per heavy atom. The van der Waals surface area contributed by atoms with Gasteiger partial charge < -0.3 is 4.57 Å². The van der Waals surface area contributed by atoms with Gasteiger partial charge in [0.1, 0.15) is 17.4 Å². The molecule has 1 aromatic rings. The van der Waals surface area contributed by atoms with E-state index >= 15 is 0 Å². The monoisotopic (exact) mass is 193 g/mol. The van der Waals surface area contributed by atoms with E-state index in [-0.39, 0.29) is 5.78 Å². The van der Waals surface area contributed by atoms with E-state index in [4.69, 9.17) is 0 Å². The van der Waals surface area contributed by atoms with Crippen LogP contribution in [0.2, 0.25) is 0 Å². The molecule has 0 aliphatic carbocycles. The van der Waals surface area contributed by atoms with E-state index < -0.39 is 0 Å². The maximum absolute atomic E-state index is 11.0. The van der Waals surface area contributed by atoms with Crippen LogP contribution in [0.3, 0.4) is 0 Å². The van der Waals surface area contributed by atoms with Crippen molar-refractivity contribution >= 4 is 5.78 Å². The van der Waals surface area contributed by atoms with Crippen LogP contribution in [0.15, 0.2) is 0 Å². The number of fused-ring (bicyclic) bond motifs is 1. The van der Waals surface area contributed by atoms with Crippen molar-refractivity contribution in [3.63, 3.8) is 0 Å². The van der Waals surface area contributed by atoms with E-state index in [2.05, 4.69) is 14.8 Å². The van der Waals surface area contributed by atoms with Gasteiger partial charge in [-0.05, 0) is 19.8 Å². The van der Waals surface area contributed by atoms with Gasteiger partial charge in [-0.3, -0.25) is 4.79 Å². The first-order chi connectivity index (χ1) is 6.77. The zero-order chi connectivity index (χ0) is 9.97. The number of aryl methyl sites for hydroxylation is 1. The number of carbonyl (C=O) groups excluding carboxylic acids is 1. The predicted octanol–water partition coefficient (Wildman–Crippen LogP) is 1.14. The third kappa shape index (κ3) is 1.84. The lowest BCUT2D eigenvalue weighted by molar-refractivity contribution is -0.116. The van der Waals surface area contributed by atoms with E-state index in [0.717, 1.165) is 24.6 Å². The molecular weight excluding hydrogens is 178 g/mol. The zero-order valence-electron chi connectivity index (χ0n) is 8.49. The Morgan fingerprint density at radius 1 is 1.36 bits per heavy atom. The number of hydrogen-bond donors (Lipinski definition) is 0. The summed E-state index contributed by atoms with van der Waals surface area (Å²) in [4.78, 5) is 11.0. The van der Waals surface area contributed by atoms with Gasteiger partial charge in [-0.2, -0.15) is 0 Å². The minimum absolute atomic E-state index is 0.157. The second-order valence-corrected chi connectivity index (χ2v) is 3.87.